The van der Waals surface area contributed by atoms with Crippen LogP contribution in [0.2, 0.25) is 0 Å². The fraction of sp³-hybridized carbons (Fsp3) is 0.526. The fourth-order valence-electron chi connectivity index (χ4n) is 3.45. The first-order chi connectivity index (χ1) is 12.4. The summed E-state index contributed by atoms with van der Waals surface area (Å²) in [6.07, 6.45) is 0.196. The van der Waals surface area contributed by atoms with Crippen molar-refractivity contribution in [2.75, 3.05) is 13.7 Å². The van der Waals surface area contributed by atoms with Crippen molar-refractivity contribution < 1.29 is 23.9 Å². The van der Waals surface area contributed by atoms with Crippen molar-refractivity contribution in [3.63, 3.8) is 0 Å². The Morgan fingerprint density at radius 1 is 1.27 bits per heavy atom. The second-order valence-electron chi connectivity index (χ2n) is 7.04. The number of carbonyl (C=O) groups excluding carboxylic acids is 3. The number of carbonyl (C=O) groups is 3. The quantitative estimate of drug-likeness (QED) is 0.797. The van der Waals surface area contributed by atoms with E-state index in [-0.39, 0.29) is 18.6 Å². The van der Waals surface area contributed by atoms with E-state index in [4.69, 9.17) is 9.47 Å². The zero-order valence-electron chi connectivity index (χ0n) is 15.2. The Bertz CT molecular complexity index is 699. The van der Waals surface area contributed by atoms with Crippen LogP contribution in [-0.4, -0.2) is 54.1 Å². The molecule has 2 amide bonds. The first-order valence-corrected chi connectivity index (χ1v) is 8.78. The van der Waals surface area contributed by atoms with E-state index in [0.717, 1.165) is 5.56 Å². The number of hydrogen-bond acceptors (Lipinski definition) is 5. The fourth-order valence-corrected chi connectivity index (χ4v) is 3.45. The third-order valence-electron chi connectivity index (χ3n) is 4.91. The number of morpholine rings is 1. The van der Waals surface area contributed by atoms with Gasteiger partial charge in [0.1, 0.15) is 12.1 Å². The van der Waals surface area contributed by atoms with E-state index >= 15 is 0 Å². The molecule has 0 unspecified atom stereocenters. The van der Waals surface area contributed by atoms with Gasteiger partial charge in [-0.05, 0) is 32.3 Å². The van der Waals surface area contributed by atoms with Crippen LogP contribution in [0.4, 0.5) is 0 Å². The van der Waals surface area contributed by atoms with Crippen molar-refractivity contribution in [3.05, 3.63) is 35.9 Å². The van der Waals surface area contributed by atoms with E-state index in [2.05, 4.69) is 5.32 Å². The maximum atomic E-state index is 13.0. The summed E-state index contributed by atoms with van der Waals surface area (Å²) in [6.45, 7) is 3.65. The van der Waals surface area contributed by atoms with Crippen LogP contribution in [0.25, 0.3) is 0 Å². The third kappa shape index (κ3) is 3.31. The van der Waals surface area contributed by atoms with Gasteiger partial charge < -0.3 is 19.7 Å². The maximum Gasteiger partial charge on any atom is 0.331 e. The highest BCUT2D eigenvalue weighted by atomic mass is 16.5. The molecule has 3 rings (SSSR count). The first kappa shape index (κ1) is 18.4. The van der Waals surface area contributed by atoms with Gasteiger partial charge in [0.15, 0.2) is 6.10 Å². The molecule has 140 valence electrons. The summed E-state index contributed by atoms with van der Waals surface area (Å²) in [7, 11) is 1.30. The number of rotatable bonds is 5. The molecule has 1 aromatic rings. The van der Waals surface area contributed by atoms with E-state index in [1.165, 1.54) is 7.11 Å². The molecular formula is C19H24N2O5. The van der Waals surface area contributed by atoms with Gasteiger partial charge in [-0.1, -0.05) is 30.3 Å². The lowest BCUT2D eigenvalue weighted by molar-refractivity contribution is -0.168. The highest BCUT2D eigenvalue weighted by Gasteiger charge is 2.54. The van der Waals surface area contributed by atoms with Crippen molar-refractivity contribution in [2.24, 2.45) is 0 Å². The lowest BCUT2D eigenvalue weighted by Gasteiger charge is -2.43. The van der Waals surface area contributed by atoms with Crippen molar-refractivity contribution >= 4 is 17.8 Å². The van der Waals surface area contributed by atoms with Gasteiger partial charge in [0.2, 0.25) is 5.91 Å². The number of hydrogen-bond donors (Lipinski definition) is 1. The number of ether oxygens (including phenoxy) is 2. The zero-order valence-corrected chi connectivity index (χ0v) is 15.2. The molecule has 2 aliphatic rings. The van der Waals surface area contributed by atoms with E-state index in [0.29, 0.717) is 12.8 Å². The molecule has 7 nitrogen and oxygen atoms in total. The smallest absolute Gasteiger partial charge is 0.331 e. The van der Waals surface area contributed by atoms with E-state index in [1.807, 2.05) is 44.2 Å². The first-order valence-electron chi connectivity index (χ1n) is 8.78. The number of methoxy groups -OCH3 is 1. The van der Waals surface area contributed by atoms with Gasteiger partial charge in [0, 0.05) is 6.04 Å². The van der Waals surface area contributed by atoms with Gasteiger partial charge in [0.05, 0.1) is 13.2 Å². The summed E-state index contributed by atoms with van der Waals surface area (Å²) in [5, 5.41) is 2.79. The average molecular weight is 360 g/mol. The number of benzene rings is 1. The highest BCUT2D eigenvalue weighted by Crippen LogP contribution is 2.38. The van der Waals surface area contributed by atoms with E-state index in [1.54, 1.807) is 4.90 Å². The molecule has 1 aromatic carbocycles. The Balaban J connectivity index is 1.89. The van der Waals surface area contributed by atoms with Gasteiger partial charge in [-0.2, -0.15) is 0 Å². The Morgan fingerprint density at radius 3 is 2.46 bits per heavy atom. The van der Waals surface area contributed by atoms with Gasteiger partial charge in [0.25, 0.3) is 5.91 Å². The monoisotopic (exact) mass is 360 g/mol. The lowest BCUT2D eigenvalue weighted by Crippen LogP contribution is -2.58. The van der Waals surface area contributed by atoms with Gasteiger partial charge in [-0.15, -0.1) is 0 Å². The predicted octanol–water partition coefficient (Wildman–Crippen LogP) is 1.19. The van der Waals surface area contributed by atoms with Crippen LogP contribution in [-0.2, 0) is 23.9 Å². The van der Waals surface area contributed by atoms with E-state index in [9.17, 15) is 14.4 Å². The third-order valence-corrected chi connectivity index (χ3v) is 4.91. The van der Waals surface area contributed by atoms with Crippen LogP contribution in [0.3, 0.4) is 0 Å². The van der Waals surface area contributed by atoms with Gasteiger partial charge in [-0.3, -0.25) is 9.59 Å². The Morgan fingerprint density at radius 2 is 1.92 bits per heavy atom. The normalized spacial score (nSPS) is 24.3. The predicted molar refractivity (Wildman–Crippen MR) is 93.0 cm³/mol. The summed E-state index contributed by atoms with van der Waals surface area (Å²) in [4.78, 5) is 39.0. The molecule has 26 heavy (non-hydrogen) atoms. The van der Waals surface area contributed by atoms with Crippen LogP contribution in [0.5, 0.6) is 0 Å². The second kappa shape index (κ2) is 7.07. The highest BCUT2D eigenvalue weighted by molar-refractivity contribution is 5.93. The Kier molecular flexibility index (Phi) is 5.00. The molecule has 1 aliphatic heterocycles. The molecule has 1 saturated heterocycles. The molecule has 0 spiro atoms. The number of nitrogens with zero attached hydrogens (tertiary/aromatic N) is 1. The summed E-state index contributed by atoms with van der Waals surface area (Å²) < 4.78 is 10.4. The maximum absolute atomic E-state index is 13.0. The minimum Gasteiger partial charge on any atom is -0.467 e. The number of esters is 1. The molecule has 0 radical (unpaired) electrons. The number of amides is 2. The molecule has 0 aromatic heterocycles. The summed E-state index contributed by atoms with van der Waals surface area (Å²) in [5.74, 6) is -1.01. The minimum absolute atomic E-state index is 0.0950. The molecule has 1 N–H and O–H groups in total. The second-order valence-corrected chi connectivity index (χ2v) is 7.04. The summed E-state index contributed by atoms with van der Waals surface area (Å²) in [5.41, 5.74) is -0.141. The molecule has 1 aliphatic carbocycles. The zero-order chi connectivity index (χ0) is 18.9. The topological polar surface area (TPSA) is 84.9 Å². The minimum atomic E-state index is -0.958. The van der Waals surface area contributed by atoms with Crippen molar-refractivity contribution in [1.82, 2.24) is 10.2 Å². The van der Waals surface area contributed by atoms with E-state index < -0.39 is 29.6 Å². The molecule has 0 bridgehead atoms. The molecular weight excluding hydrogens is 336 g/mol. The SMILES string of the molecule is COC(=O)C1(NC(=O)[C@H]2OCC(=O)N(C(C)C)[C@@H]2c2ccccc2)CC1. The summed E-state index contributed by atoms with van der Waals surface area (Å²) in [6, 6.07) is 8.69. The molecule has 1 saturated carbocycles. The van der Waals surface area contributed by atoms with Gasteiger partial charge in [-0.25, -0.2) is 4.79 Å². The van der Waals surface area contributed by atoms with Crippen LogP contribution in [0.1, 0.15) is 38.3 Å². The Labute approximate surface area is 152 Å². The van der Waals surface area contributed by atoms with Crippen molar-refractivity contribution in [1.29, 1.82) is 0 Å². The molecule has 7 heteroatoms. The molecule has 1 heterocycles. The Hall–Kier alpha value is -2.41. The molecule has 2 atom stereocenters. The number of nitrogens with one attached hydrogen (secondary N) is 1. The van der Waals surface area contributed by atoms with Crippen molar-refractivity contribution in [2.45, 2.75) is 50.4 Å². The standard InChI is InChI=1S/C19H24N2O5/c1-12(2)21-14(22)11-26-16(15(21)13-7-5-4-6-8-13)17(23)20-19(9-10-19)18(24)25-3/h4-8,12,15-16H,9-11H2,1-3H3,(H,20,23)/t15-,16+/m1/s1. The summed E-state index contributed by atoms with van der Waals surface area (Å²) >= 11 is 0. The van der Waals surface area contributed by atoms with Crippen LogP contribution in [0, 0.1) is 0 Å². The van der Waals surface area contributed by atoms with Crippen LogP contribution < -0.4 is 5.32 Å². The lowest BCUT2D eigenvalue weighted by atomic mass is 9.95. The van der Waals surface area contributed by atoms with Gasteiger partial charge >= 0.3 is 5.97 Å². The largest absolute Gasteiger partial charge is 0.467 e. The molecule has 2 fully saturated rings. The van der Waals surface area contributed by atoms with Crippen LogP contribution >= 0.6 is 0 Å². The van der Waals surface area contributed by atoms with Crippen molar-refractivity contribution in [3.8, 4) is 0 Å². The van der Waals surface area contributed by atoms with Crippen LogP contribution in [0.15, 0.2) is 30.3 Å². The average Bonchev–Trinajstić information content (AvgIpc) is 3.41.